The number of nitrogens with one attached hydrogen (secondary N) is 1. The Morgan fingerprint density at radius 1 is 1.44 bits per heavy atom. The molecule has 0 aromatic carbocycles. The number of aryl methyl sites for hydroxylation is 1. The van der Waals surface area contributed by atoms with Gasteiger partial charge in [-0.1, -0.05) is 0 Å². The number of carbonyl (C=O) groups is 1. The molecular weight excluding hydrogens is 340 g/mol. The summed E-state index contributed by atoms with van der Waals surface area (Å²) in [5.74, 6) is -0.228. The van der Waals surface area contributed by atoms with Crippen LogP contribution in [0.15, 0.2) is 34.1 Å². The van der Waals surface area contributed by atoms with Gasteiger partial charge in [-0.25, -0.2) is 4.98 Å². The summed E-state index contributed by atoms with van der Waals surface area (Å²) in [5, 5.41) is 11.4. The smallest absolute Gasteiger partial charge is 0.264 e. The summed E-state index contributed by atoms with van der Waals surface area (Å²) in [6, 6.07) is 2.14. The van der Waals surface area contributed by atoms with E-state index >= 15 is 0 Å². The average molecular weight is 360 g/mol. The molecule has 1 atom stereocenters. The van der Waals surface area contributed by atoms with Crippen molar-refractivity contribution in [3.63, 3.8) is 0 Å². The van der Waals surface area contributed by atoms with E-state index in [1.165, 1.54) is 21.8 Å². The van der Waals surface area contributed by atoms with Crippen LogP contribution < -0.4 is 10.9 Å². The van der Waals surface area contributed by atoms with E-state index in [0.717, 1.165) is 5.56 Å². The van der Waals surface area contributed by atoms with Crippen LogP contribution >= 0.6 is 11.3 Å². The zero-order valence-corrected chi connectivity index (χ0v) is 15.2. The van der Waals surface area contributed by atoms with Crippen molar-refractivity contribution in [3.8, 4) is 0 Å². The second kappa shape index (κ2) is 7.16. The Kier molecular flexibility index (Phi) is 4.95. The van der Waals surface area contributed by atoms with Gasteiger partial charge >= 0.3 is 0 Å². The van der Waals surface area contributed by atoms with Gasteiger partial charge in [0.15, 0.2) is 5.65 Å². The zero-order valence-electron chi connectivity index (χ0n) is 14.3. The highest BCUT2D eigenvalue weighted by molar-refractivity contribution is 7.07. The first-order valence-corrected chi connectivity index (χ1v) is 8.74. The molecule has 0 fully saturated rings. The molecule has 0 aliphatic rings. The van der Waals surface area contributed by atoms with Crippen molar-refractivity contribution in [2.75, 3.05) is 20.6 Å². The van der Waals surface area contributed by atoms with E-state index in [1.54, 1.807) is 18.4 Å². The monoisotopic (exact) mass is 360 g/mol. The summed E-state index contributed by atoms with van der Waals surface area (Å²) in [7, 11) is 5.66. The van der Waals surface area contributed by atoms with Gasteiger partial charge in [0.25, 0.3) is 5.56 Å². The Hall–Kier alpha value is -2.52. The molecule has 0 spiro atoms. The van der Waals surface area contributed by atoms with Gasteiger partial charge in [0.2, 0.25) is 5.91 Å². The van der Waals surface area contributed by atoms with Crippen LogP contribution in [0.1, 0.15) is 11.6 Å². The lowest BCUT2D eigenvalue weighted by Gasteiger charge is -2.24. The number of likely N-dealkylation sites (N-methyl/N-ethyl adjacent to an activating group) is 1. The van der Waals surface area contributed by atoms with Crippen LogP contribution in [0.2, 0.25) is 0 Å². The van der Waals surface area contributed by atoms with E-state index in [2.05, 4.69) is 25.7 Å². The number of rotatable bonds is 6. The topological polar surface area (TPSA) is 85.1 Å². The largest absolute Gasteiger partial charge is 0.353 e. The molecule has 0 bridgehead atoms. The number of amides is 1. The second-order valence-corrected chi connectivity index (χ2v) is 6.80. The van der Waals surface area contributed by atoms with Gasteiger partial charge in [-0.05, 0) is 36.5 Å². The standard InChI is InChI=1S/C16H20N6O2S/c1-20(2)13(11-4-5-25-9-11)7-17-14(23)8-22-10-18-15-12(16(22)24)6-19-21(15)3/h4-6,9-10,13H,7-8H2,1-3H3,(H,17,23)/t13-/m0/s1. The summed E-state index contributed by atoms with van der Waals surface area (Å²) in [4.78, 5) is 30.9. The maximum Gasteiger partial charge on any atom is 0.264 e. The molecular formula is C16H20N6O2S. The summed E-state index contributed by atoms with van der Waals surface area (Å²) >= 11 is 1.63. The Labute approximate surface area is 148 Å². The van der Waals surface area contributed by atoms with Crippen molar-refractivity contribution in [1.29, 1.82) is 0 Å². The van der Waals surface area contributed by atoms with E-state index in [9.17, 15) is 9.59 Å². The maximum absolute atomic E-state index is 12.4. The van der Waals surface area contributed by atoms with Crippen LogP contribution in [0.3, 0.4) is 0 Å². The SMILES string of the molecule is CN(C)[C@@H](CNC(=O)Cn1cnc2c(cnn2C)c1=O)c1ccsc1. The number of hydrogen-bond donors (Lipinski definition) is 1. The van der Waals surface area contributed by atoms with Crippen molar-refractivity contribution >= 4 is 28.3 Å². The Morgan fingerprint density at radius 2 is 2.24 bits per heavy atom. The predicted molar refractivity (Wildman–Crippen MR) is 96.5 cm³/mol. The Bertz CT molecular complexity index is 928. The third kappa shape index (κ3) is 3.62. The summed E-state index contributed by atoms with van der Waals surface area (Å²) in [5.41, 5.74) is 1.40. The molecule has 3 rings (SSSR count). The molecule has 0 saturated heterocycles. The molecule has 3 aromatic heterocycles. The molecule has 132 valence electrons. The van der Waals surface area contributed by atoms with Gasteiger partial charge in [-0.15, -0.1) is 0 Å². The normalized spacial score (nSPS) is 12.6. The molecule has 0 radical (unpaired) electrons. The highest BCUT2D eigenvalue weighted by Crippen LogP contribution is 2.19. The van der Waals surface area contributed by atoms with Crippen molar-refractivity contribution in [3.05, 3.63) is 45.3 Å². The minimum atomic E-state index is -0.268. The number of nitrogens with zero attached hydrogens (tertiary/aromatic N) is 5. The average Bonchev–Trinajstić information content (AvgIpc) is 3.21. The first-order chi connectivity index (χ1) is 12.0. The predicted octanol–water partition coefficient (Wildman–Crippen LogP) is 0.611. The fraction of sp³-hybridized carbons (Fsp3) is 0.375. The highest BCUT2D eigenvalue weighted by atomic mass is 32.1. The number of fused-ring (bicyclic) bond motifs is 1. The van der Waals surface area contributed by atoms with E-state index in [-0.39, 0.29) is 24.1 Å². The van der Waals surface area contributed by atoms with Crippen molar-refractivity contribution in [1.82, 2.24) is 29.5 Å². The molecule has 8 nitrogen and oxygen atoms in total. The molecule has 0 unspecified atom stereocenters. The fourth-order valence-electron chi connectivity index (χ4n) is 2.66. The summed E-state index contributed by atoms with van der Waals surface area (Å²) in [6.45, 7) is 0.403. The number of hydrogen-bond acceptors (Lipinski definition) is 6. The van der Waals surface area contributed by atoms with Gasteiger partial charge in [-0.2, -0.15) is 16.4 Å². The van der Waals surface area contributed by atoms with Crippen LogP contribution in [-0.2, 0) is 18.4 Å². The summed E-state index contributed by atoms with van der Waals surface area (Å²) < 4.78 is 2.83. The van der Waals surface area contributed by atoms with Gasteiger partial charge < -0.3 is 10.2 Å². The van der Waals surface area contributed by atoms with Crippen LogP contribution in [0.25, 0.3) is 11.0 Å². The molecule has 0 aliphatic carbocycles. The minimum absolute atomic E-state index is 0.0690. The van der Waals surface area contributed by atoms with E-state index in [1.807, 2.05) is 25.5 Å². The van der Waals surface area contributed by atoms with E-state index < -0.39 is 0 Å². The van der Waals surface area contributed by atoms with E-state index in [4.69, 9.17) is 0 Å². The molecule has 25 heavy (non-hydrogen) atoms. The number of carbonyl (C=O) groups excluding carboxylic acids is 1. The first kappa shape index (κ1) is 17.3. The molecule has 9 heteroatoms. The highest BCUT2D eigenvalue weighted by Gasteiger charge is 2.16. The lowest BCUT2D eigenvalue weighted by molar-refractivity contribution is -0.121. The molecule has 3 aromatic rings. The van der Waals surface area contributed by atoms with Gasteiger partial charge in [0.1, 0.15) is 18.3 Å². The second-order valence-electron chi connectivity index (χ2n) is 6.02. The molecule has 3 heterocycles. The Balaban J connectivity index is 1.68. The lowest BCUT2D eigenvalue weighted by atomic mass is 10.1. The number of thiophene rings is 1. The molecule has 0 saturated carbocycles. The van der Waals surface area contributed by atoms with Crippen LogP contribution in [-0.4, -0.2) is 50.8 Å². The van der Waals surface area contributed by atoms with Gasteiger partial charge in [0, 0.05) is 13.6 Å². The Morgan fingerprint density at radius 3 is 2.92 bits per heavy atom. The third-order valence-electron chi connectivity index (χ3n) is 4.08. The molecule has 0 aliphatic heterocycles. The van der Waals surface area contributed by atoms with Crippen molar-refractivity contribution in [2.24, 2.45) is 7.05 Å². The fourth-order valence-corrected chi connectivity index (χ4v) is 3.37. The van der Waals surface area contributed by atoms with Crippen LogP contribution in [0, 0.1) is 0 Å². The third-order valence-corrected chi connectivity index (χ3v) is 4.78. The minimum Gasteiger partial charge on any atom is -0.353 e. The van der Waals surface area contributed by atoms with Crippen LogP contribution in [0.5, 0.6) is 0 Å². The maximum atomic E-state index is 12.4. The first-order valence-electron chi connectivity index (χ1n) is 7.79. The lowest BCUT2D eigenvalue weighted by Crippen LogP contribution is -2.37. The van der Waals surface area contributed by atoms with Crippen molar-refractivity contribution in [2.45, 2.75) is 12.6 Å². The van der Waals surface area contributed by atoms with E-state index in [0.29, 0.717) is 17.6 Å². The van der Waals surface area contributed by atoms with Gasteiger partial charge in [0.05, 0.1) is 12.2 Å². The van der Waals surface area contributed by atoms with Crippen molar-refractivity contribution < 1.29 is 4.79 Å². The molecule has 1 amide bonds. The summed E-state index contributed by atoms with van der Waals surface area (Å²) in [6.07, 6.45) is 2.85. The van der Waals surface area contributed by atoms with Gasteiger partial charge in [-0.3, -0.25) is 18.8 Å². The van der Waals surface area contributed by atoms with Crippen LogP contribution in [0.4, 0.5) is 0 Å². The quantitative estimate of drug-likeness (QED) is 0.696. The molecule has 1 N–H and O–H groups in total. The number of aromatic nitrogens is 4. The zero-order chi connectivity index (χ0) is 18.0.